The molecule has 0 aromatic carbocycles. The van der Waals surface area contributed by atoms with Crippen molar-refractivity contribution in [2.45, 2.75) is 11.2 Å². The fourth-order valence-electron chi connectivity index (χ4n) is 2.00. The molecule has 2 aromatic heterocycles. The van der Waals surface area contributed by atoms with Gasteiger partial charge in [0.05, 0.1) is 39.0 Å². The molecule has 168 valence electrons. The van der Waals surface area contributed by atoms with Crippen LogP contribution in [0.4, 0.5) is 19.1 Å². The topological polar surface area (TPSA) is 165 Å². The Hall–Kier alpha value is -3.69. The van der Waals surface area contributed by atoms with Gasteiger partial charge < -0.3 is 24.6 Å². The maximum Gasteiger partial charge on any atom is 0.433 e. The highest BCUT2D eigenvalue weighted by Crippen LogP contribution is 2.30. The van der Waals surface area contributed by atoms with Gasteiger partial charge in [0, 0.05) is 0 Å². The van der Waals surface area contributed by atoms with E-state index in [9.17, 15) is 31.5 Å². The van der Waals surface area contributed by atoms with Gasteiger partial charge in [-0.1, -0.05) is 0 Å². The van der Waals surface area contributed by atoms with Crippen LogP contribution in [0.1, 0.15) is 16.1 Å². The van der Waals surface area contributed by atoms with E-state index >= 15 is 0 Å². The maximum absolute atomic E-state index is 12.9. The molecule has 2 heterocycles. The van der Waals surface area contributed by atoms with Gasteiger partial charge in [-0.3, -0.25) is 0 Å². The lowest BCUT2D eigenvalue weighted by atomic mass is 10.2. The van der Waals surface area contributed by atoms with Crippen LogP contribution in [0, 0.1) is 0 Å². The van der Waals surface area contributed by atoms with Crippen LogP contribution in [0.3, 0.4) is 0 Å². The Kier molecular flexibility index (Phi) is 6.84. The first kappa shape index (κ1) is 23.6. The number of hydrogen-bond acceptors (Lipinski definition) is 10. The number of sulfonamides is 1. The van der Waals surface area contributed by atoms with Crippen LogP contribution < -0.4 is 19.9 Å². The van der Waals surface area contributed by atoms with Gasteiger partial charge >= 0.3 is 22.2 Å². The highest BCUT2D eigenvalue weighted by Gasteiger charge is 2.36. The summed E-state index contributed by atoms with van der Waals surface area (Å²) in [6.45, 7) is 0. The number of pyridine rings is 1. The lowest BCUT2D eigenvalue weighted by molar-refractivity contribution is -0.213. The largest absolute Gasteiger partial charge is 0.845 e. The Bertz CT molecular complexity index is 1100. The van der Waals surface area contributed by atoms with Crippen molar-refractivity contribution in [2.24, 2.45) is 4.40 Å². The third-order valence-corrected chi connectivity index (χ3v) is 4.53. The molecule has 2 aromatic rings. The predicted molar refractivity (Wildman–Crippen MR) is 94.0 cm³/mol. The number of alkyl halides is 3. The number of ether oxygens (including phenoxy) is 3. The fourth-order valence-corrected chi connectivity index (χ4v) is 2.99. The van der Waals surface area contributed by atoms with Crippen LogP contribution in [0.5, 0.6) is 11.8 Å². The molecule has 0 aliphatic carbocycles. The number of carbonyl (C=O) groups is 1. The zero-order chi connectivity index (χ0) is 23.4. The lowest BCUT2D eigenvalue weighted by Crippen LogP contribution is -2.30. The molecule has 2 rings (SSSR count). The van der Waals surface area contributed by atoms with E-state index < -0.39 is 50.4 Å². The molecule has 0 aliphatic rings. The van der Waals surface area contributed by atoms with E-state index in [1.54, 1.807) is 0 Å². The van der Waals surface area contributed by atoms with Gasteiger partial charge in [0.2, 0.25) is 17.7 Å². The van der Waals surface area contributed by atoms with E-state index in [1.807, 2.05) is 5.32 Å². The van der Waals surface area contributed by atoms with Crippen molar-refractivity contribution in [1.82, 2.24) is 15.0 Å². The minimum atomic E-state index is -5.20. The fraction of sp³-hybridized carbons (Fsp3) is 0.267. The second-order valence-electron chi connectivity index (χ2n) is 5.31. The molecule has 0 atom stereocenters. The first-order valence-corrected chi connectivity index (χ1v) is 9.28. The number of aromatic nitrogens is 3. The summed E-state index contributed by atoms with van der Waals surface area (Å²) in [5, 5.41) is 12.5. The lowest BCUT2D eigenvalue weighted by Gasteiger charge is -2.14. The van der Waals surface area contributed by atoms with Gasteiger partial charge in [-0.15, -0.1) is 0 Å². The summed E-state index contributed by atoms with van der Waals surface area (Å²) >= 11 is 0. The normalized spacial score (nSPS) is 12.3. The zero-order valence-corrected chi connectivity index (χ0v) is 16.7. The van der Waals surface area contributed by atoms with Crippen LogP contribution in [0.15, 0.2) is 27.6 Å². The van der Waals surface area contributed by atoms with Crippen molar-refractivity contribution in [1.29, 1.82) is 0 Å². The number of esters is 1. The summed E-state index contributed by atoms with van der Waals surface area (Å²) in [4.78, 5) is 22.1. The molecule has 0 spiro atoms. The molecule has 0 aliphatic heterocycles. The first-order valence-electron chi connectivity index (χ1n) is 7.84. The van der Waals surface area contributed by atoms with Crippen LogP contribution in [0.2, 0.25) is 0 Å². The molecule has 0 saturated heterocycles. The monoisotopic (exact) mass is 464 g/mol. The smallest absolute Gasteiger partial charge is 0.433 e. The number of rotatable bonds is 6. The van der Waals surface area contributed by atoms with Gasteiger partial charge in [-0.2, -0.15) is 36.0 Å². The zero-order valence-electron chi connectivity index (χ0n) is 15.9. The van der Waals surface area contributed by atoms with E-state index in [1.165, 1.54) is 20.3 Å². The highest BCUT2D eigenvalue weighted by atomic mass is 32.2. The molecule has 12 nitrogen and oxygen atoms in total. The number of carbonyl (C=O) groups excluding carboxylic acids is 1. The van der Waals surface area contributed by atoms with Crippen molar-refractivity contribution in [3.63, 3.8) is 0 Å². The molecule has 31 heavy (non-hydrogen) atoms. The Morgan fingerprint density at radius 3 is 2.16 bits per heavy atom. The van der Waals surface area contributed by atoms with Gasteiger partial charge in [0.1, 0.15) is 5.69 Å². The molecule has 0 saturated carbocycles. The summed E-state index contributed by atoms with van der Waals surface area (Å²) in [6, 6.07) is 0.573. The van der Waals surface area contributed by atoms with E-state index in [4.69, 9.17) is 9.47 Å². The Balaban J connectivity index is 2.51. The molecule has 0 amide bonds. The van der Waals surface area contributed by atoms with Gasteiger partial charge in [0.15, 0.2) is 5.03 Å². The number of nitrogens with zero attached hydrogens (tertiary/aromatic N) is 4. The Morgan fingerprint density at radius 2 is 1.68 bits per heavy atom. The van der Waals surface area contributed by atoms with Crippen molar-refractivity contribution in [3.05, 3.63) is 29.5 Å². The van der Waals surface area contributed by atoms with Gasteiger partial charge in [-0.25, -0.2) is 9.78 Å². The molecule has 0 fully saturated rings. The average molecular weight is 464 g/mol. The predicted octanol–water partition coefficient (Wildman–Crippen LogP) is 0.211. The number of methoxy groups -OCH3 is 3. The second-order valence-corrected chi connectivity index (χ2v) is 6.83. The van der Waals surface area contributed by atoms with Crippen LogP contribution in [-0.2, 0) is 20.9 Å². The van der Waals surface area contributed by atoms with Crippen LogP contribution >= 0.6 is 0 Å². The van der Waals surface area contributed by atoms with E-state index in [0.29, 0.717) is 12.1 Å². The van der Waals surface area contributed by atoms with Crippen molar-refractivity contribution < 1.29 is 45.7 Å². The number of nitrogens with one attached hydrogen (secondary N) is 1. The van der Waals surface area contributed by atoms with Gasteiger partial charge in [0.25, 0.3) is 0 Å². The SMILES string of the molecule is COC(=O)c1ccc(C(F)(F)F)nc1S(=O)(=O)/N=C(\[O-])Nc1nc(OC)cc(OC)n1. The number of halogens is 3. The quantitative estimate of drug-likeness (QED) is 0.353. The summed E-state index contributed by atoms with van der Waals surface area (Å²) in [5.41, 5.74) is -2.48. The van der Waals surface area contributed by atoms with Crippen LogP contribution in [-0.4, -0.2) is 56.7 Å². The molecule has 0 unspecified atom stereocenters. The summed E-state index contributed by atoms with van der Waals surface area (Å²) in [6.07, 6.45) is -5.04. The third kappa shape index (κ3) is 5.68. The first-order chi connectivity index (χ1) is 14.4. The molecular weight excluding hydrogens is 451 g/mol. The van der Waals surface area contributed by atoms with E-state index in [2.05, 4.69) is 24.1 Å². The molecular formula is C15H13F3N5O7S-. The van der Waals surface area contributed by atoms with Crippen LogP contribution in [0.25, 0.3) is 0 Å². The maximum atomic E-state index is 12.9. The number of amidine groups is 1. The minimum Gasteiger partial charge on any atom is -0.845 e. The summed E-state index contributed by atoms with van der Waals surface area (Å²) in [7, 11) is -1.84. The number of hydrogen-bond donors (Lipinski definition) is 1. The minimum absolute atomic E-state index is 0.0578. The number of anilines is 1. The standard InChI is InChI=1S/C15H14F3N5O7S/c1-28-9-6-10(29-2)21-13(20-9)22-14(25)23-31(26,27)11-7(12(24)30-3)4-5-8(19-11)15(16,17)18/h4-6H,1-3H3,(H2,20,21,22,23,25)/p-1. The van der Waals surface area contributed by atoms with Crippen molar-refractivity contribution in [2.75, 3.05) is 26.6 Å². The van der Waals surface area contributed by atoms with Gasteiger partial charge in [-0.05, 0) is 12.1 Å². The summed E-state index contributed by atoms with van der Waals surface area (Å²) in [5.74, 6) is -1.91. The van der Waals surface area contributed by atoms with Crippen molar-refractivity contribution >= 4 is 28.0 Å². The molecule has 16 heteroatoms. The van der Waals surface area contributed by atoms with E-state index in [0.717, 1.165) is 7.11 Å². The average Bonchev–Trinajstić information content (AvgIpc) is 2.71. The Morgan fingerprint density at radius 1 is 1.10 bits per heavy atom. The highest BCUT2D eigenvalue weighted by molar-refractivity contribution is 7.90. The molecule has 1 N–H and O–H groups in total. The van der Waals surface area contributed by atoms with Crippen molar-refractivity contribution in [3.8, 4) is 11.8 Å². The van der Waals surface area contributed by atoms with E-state index in [-0.39, 0.29) is 11.8 Å². The molecule has 0 radical (unpaired) electrons. The molecule has 0 bridgehead atoms. The third-order valence-electron chi connectivity index (χ3n) is 3.32. The summed E-state index contributed by atoms with van der Waals surface area (Å²) < 4.78 is 80.6. The second kappa shape index (κ2) is 8.99. The Labute approximate surface area is 172 Å².